The number of hydrogen-bond acceptors (Lipinski definition) is 2. The van der Waals surface area contributed by atoms with Crippen LogP contribution in [0.5, 0.6) is 0 Å². The van der Waals surface area contributed by atoms with Gasteiger partial charge in [0.15, 0.2) is 0 Å². The van der Waals surface area contributed by atoms with Crippen molar-refractivity contribution in [2.24, 2.45) is 0 Å². The fourth-order valence-corrected chi connectivity index (χ4v) is 3.69. The van der Waals surface area contributed by atoms with Gasteiger partial charge in [-0.25, -0.2) is 0 Å². The van der Waals surface area contributed by atoms with Crippen LogP contribution in [-0.4, -0.2) is 32.1 Å². The minimum Gasteiger partial charge on any atom is -0.341 e. The highest BCUT2D eigenvalue weighted by atomic mass is 15.1. The van der Waals surface area contributed by atoms with E-state index >= 15 is 0 Å². The fraction of sp³-hybridized carbons (Fsp3) is 0.429. The van der Waals surface area contributed by atoms with Gasteiger partial charge < -0.3 is 9.80 Å². The highest BCUT2D eigenvalue weighted by molar-refractivity contribution is 5.72. The Balaban J connectivity index is 2.05. The fourth-order valence-electron chi connectivity index (χ4n) is 3.69. The molecule has 0 N–H and O–H groups in total. The molecule has 0 fully saturated rings. The van der Waals surface area contributed by atoms with Crippen LogP contribution < -0.4 is 4.90 Å². The zero-order valence-corrected chi connectivity index (χ0v) is 14.8. The van der Waals surface area contributed by atoms with E-state index in [0.717, 1.165) is 13.1 Å². The molecule has 0 aromatic heterocycles. The molecule has 0 saturated carbocycles. The van der Waals surface area contributed by atoms with Gasteiger partial charge in [-0.3, -0.25) is 0 Å². The first-order valence-electron chi connectivity index (χ1n) is 8.69. The van der Waals surface area contributed by atoms with Gasteiger partial charge >= 0.3 is 0 Å². The quantitative estimate of drug-likeness (QED) is 0.784. The largest absolute Gasteiger partial charge is 0.341 e. The third kappa shape index (κ3) is 3.13. The Morgan fingerprint density at radius 2 is 1.30 bits per heavy atom. The lowest BCUT2D eigenvalue weighted by Crippen LogP contribution is -2.24. The van der Waals surface area contributed by atoms with Crippen LogP contribution in [0.25, 0.3) is 0 Å². The van der Waals surface area contributed by atoms with E-state index in [4.69, 9.17) is 0 Å². The second-order valence-corrected chi connectivity index (χ2v) is 7.00. The Bertz CT molecular complexity index is 611. The number of rotatable bonds is 4. The normalized spacial score (nSPS) is 20.1. The Morgan fingerprint density at radius 1 is 0.826 bits per heavy atom. The molecule has 2 aromatic carbocycles. The maximum absolute atomic E-state index is 2.54. The summed E-state index contributed by atoms with van der Waals surface area (Å²) in [5, 5.41) is 0. The van der Waals surface area contributed by atoms with E-state index in [2.05, 4.69) is 86.3 Å². The summed E-state index contributed by atoms with van der Waals surface area (Å²) in [7, 11) is 4.29. The molecule has 0 bridgehead atoms. The summed E-state index contributed by atoms with van der Waals surface area (Å²) in [5.74, 6) is 1.07. The second kappa shape index (κ2) is 6.76. The topological polar surface area (TPSA) is 6.48 Å². The molecule has 1 aliphatic rings. The van der Waals surface area contributed by atoms with Crippen LogP contribution in [0.1, 0.15) is 43.2 Å². The molecule has 0 amide bonds. The Kier molecular flexibility index (Phi) is 4.72. The lowest BCUT2D eigenvalue weighted by atomic mass is 9.84. The number of para-hydroxylation sites is 2. The summed E-state index contributed by atoms with van der Waals surface area (Å²) in [6, 6.07) is 17.9. The molecule has 122 valence electrons. The molecule has 2 nitrogen and oxygen atoms in total. The van der Waals surface area contributed by atoms with Gasteiger partial charge in [0.05, 0.1) is 0 Å². The van der Waals surface area contributed by atoms with E-state index < -0.39 is 0 Å². The summed E-state index contributed by atoms with van der Waals surface area (Å²) < 4.78 is 0. The molecule has 23 heavy (non-hydrogen) atoms. The molecular formula is C21H28N2. The molecular weight excluding hydrogens is 280 g/mol. The average Bonchev–Trinajstić information content (AvgIpc) is 2.65. The molecule has 1 heterocycles. The van der Waals surface area contributed by atoms with E-state index in [1.54, 1.807) is 0 Å². The van der Waals surface area contributed by atoms with E-state index in [9.17, 15) is 0 Å². The van der Waals surface area contributed by atoms with Crippen LogP contribution >= 0.6 is 0 Å². The number of benzene rings is 2. The van der Waals surface area contributed by atoms with Crippen LogP contribution in [-0.2, 0) is 0 Å². The number of hydrogen-bond donors (Lipinski definition) is 0. The monoisotopic (exact) mass is 308 g/mol. The molecule has 1 aliphatic heterocycles. The van der Waals surface area contributed by atoms with Gasteiger partial charge in [0.2, 0.25) is 0 Å². The summed E-state index contributed by atoms with van der Waals surface area (Å²) in [5.41, 5.74) is 5.72. The number of anilines is 2. The number of fused-ring (bicyclic) bond motifs is 2. The van der Waals surface area contributed by atoms with Crippen molar-refractivity contribution in [3.05, 3.63) is 59.7 Å². The van der Waals surface area contributed by atoms with Crippen LogP contribution in [0.15, 0.2) is 48.5 Å². The Hall–Kier alpha value is -1.80. The molecule has 2 heteroatoms. The third-order valence-corrected chi connectivity index (χ3v) is 5.17. The average molecular weight is 308 g/mol. The summed E-state index contributed by atoms with van der Waals surface area (Å²) in [6.45, 7) is 6.91. The Morgan fingerprint density at radius 3 is 1.78 bits per heavy atom. The van der Waals surface area contributed by atoms with Crippen molar-refractivity contribution < 1.29 is 0 Å². The van der Waals surface area contributed by atoms with Crippen molar-refractivity contribution in [2.45, 2.75) is 32.1 Å². The molecule has 0 spiro atoms. The first kappa shape index (κ1) is 16.1. The van der Waals surface area contributed by atoms with Gasteiger partial charge in [-0.05, 0) is 62.2 Å². The summed E-state index contributed by atoms with van der Waals surface area (Å²) in [4.78, 5) is 4.80. The van der Waals surface area contributed by atoms with Crippen molar-refractivity contribution in [1.82, 2.24) is 4.90 Å². The maximum atomic E-state index is 2.54. The van der Waals surface area contributed by atoms with Crippen LogP contribution in [0, 0.1) is 0 Å². The molecule has 0 aliphatic carbocycles. The lowest BCUT2D eigenvalue weighted by Gasteiger charge is -2.28. The first-order chi connectivity index (χ1) is 11.1. The number of nitrogens with zero attached hydrogens (tertiary/aromatic N) is 2. The van der Waals surface area contributed by atoms with Gasteiger partial charge in [-0.2, -0.15) is 0 Å². The van der Waals surface area contributed by atoms with Crippen molar-refractivity contribution in [2.75, 3.05) is 32.1 Å². The highest BCUT2D eigenvalue weighted by Crippen LogP contribution is 2.46. The Labute approximate surface area is 140 Å². The van der Waals surface area contributed by atoms with Crippen LogP contribution in [0.3, 0.4) is 0 Å². The minimum atomic E-state index is 0.534. The molecule has 2 aromatic rings. The van der Waals surface area contributed by atoms with Gasteiger partial charge in [0.25, 0.3) is 0 Å². The van der Waals surface area contributed by atoms with Crippen LogP contribution in [0.2, 0.25) is 0 Å². The third-order valence-electron chi connectivity index (χ3n) is 5.17. The molecule has 2 atom stereocenters. The second-order valence-electron chi connectivity index (χ2n) is 7.00. The summed E-state index contributed by atoms with van der Waals surface area (Å²) >= 11 is 0. The van der Waals surface area contributed by atoms with Gasteiger partial charge in [0.1, 0.15) is 0 Å². The first-order valence-corrected chi connectivity index (χ1v) is 8.69. The van der Waals surface area contributed by atoms with Gasteiger partial charge in [-0.1, -0.05) is 50.2 Å². The van der Waals surface area contributed by atoms with E-state index in [1.807, 2.05) is 0 Å². The van der Waals surface area contributed by atoms with Crippen molar-refractivity contribution in [3.8, 4) is 0 Å². The standard InChI is InChI=1S/C21H28N2/c1-16-17(2)19-11-6-8-13-21(19)23(15-9-14-22(3)4)20-12-7-5-10-18(16)20/h5-8,10-13,16-17H,9,14-15H2,1-4H3. The lowest BCUT2D eigenvalue weighted by molar-refractivity contribution is 0.402. The van der Waals surface area contributed by atoms with E-state index in [0.29, 0.717) is 11.8 Å². The molecule has 2 unspecified atom stereocenters. The SMILES string of the molecule is CC1c2ccccc2N(CCCN(C)C)c2ccccc2C1C. The predicted octanol–water partition coefficient (Wildman–Crippen LogP) is 5.00. The maximum Gasteiger partial charge on any atom is 0.0446 e. The van der Waals surface area contributed by atoms with Crippen molar-refractivity contribution in [1.29, 1.82) is 0 Å². The molecule has 0 saturated heterocycles. The molecule has 3 rings (SSSR count). The molecule has 0 radical (unpaired) electrons. The minimum absolute atomic E-state index is 0.534. The van der Waals surface area contributed by atoms with Crippen molar-refractivity contribution >= 4 is 11.4 Å². The van der Waals surface area contributed by atoms with Crippen molar-refractivity contribution in [3.63, 3.8) is 0 Å². The van der Waals surface area contributed by atoms with Gasteiger partial charge in [0, 0.05) is 17.9 Å². The predicted molar refractivity (Wildman–Crippen MR) is 99.9 cm³/mol. The summed E-state index contributed by atoms with van der Waals surface area (Å²) in [6.07, 6.45) is 1.17. The van der Waals surface area contributed by atoms with Crippen LogP contribution in [0.4, 0.5) is 11.4 Å². The highest BCUT2D eigenvalue weighted by Gasteiger charge is 2.28. The van der Waals surface area contributed by atoms with Gasteiger partial charge in [-0.15, -0.1) is 0 Å². The van der Waals surface area contributed by atoms with E-state index in [1.165, 1.54) is 28.9 Å². The van der Waals surface area contributed by atoms with E-state index in [-0.39, 0.29) is 0 Å². The zero-order chi connectivity index (χ0) is 16.4. The zero-order valence-electron chi connectivity index (χ0n) is 14.8. The smallest absolute Gasteiger partial charge is 0.0446 e.